The summed E-state index contributed by atoms with van der Waals surface area (Å²) in [5.41, 5.74) is 5.15. The Labute approximate surface area is 193 Å². The topological polar surface area (TPSA) is 65.2 Å². The monoisotopic (exact) mass is 447 g/mol. The van der Waals surface area contributed by atoms with Gasteiger partial charge in [-0.15, -0.1) is 0 Å². The fraction of sp³-hybridized carbons (Fsp3) is 0.320. The Bertz CT molecular complexity index is 1140. The number of benzene rings is 2. The molecule has 1 aliphatic heterocycles. The van der Waals surface area contributed by atoms with Crippen molar-refractivity contribution in [1.82, 2.24) is 14.7 Å². The number of nitriles is 1. The van der Waals surface area contributed by atoms with Crippen LogP contribution in [0.3, 0.4) is 0 Å². The molecular formula is C25H26ClN5O. The van der Waals surface area contributed by atoms with E-state index in [1.165, 1.54) is 5.56 Å². The molecule has 7 heteroatoms. The molecule has 0 N–H and O–H groups in total. The molecule has 32 heavy (non-hydrogen) atoms. The SMILES string of the molecule is Cc1ccc(Cn2nc(C)c(C(=O)N3CCCN(c4ccc(C#N)cc4)CC3)c2Cl)cc1. The van der Waals surface area contributed by atoms with Crippen molar-refractivity contribution >= 4 is 23.2 Å². The molecule has 0 saturated carbocycles. The lowest BCUT2D eigenvalue weighted by molar-refractivity contribution is 0.0766. The molecule has 1 fully saturated rings. The summed E-state index contributed by atoms with van der Waals surface area (Å²) in [4.78, 5) is 17.5. The first-order valence-electron chi connectivity index (χ1n) is 10.8. The summed E-state index contributed by atoms with van der Waals surface area (Å²) in [6.07, 6.45) is 0.861. The van der Waals surface area contributed by atoms with Crippen LogP contribution in [-0.4, -0.2) is 46.8 Å². The number of nitrogens with zero attached hydrogens (tertiary/aromatic N) is 5. The van der Waals surface area contributed by atoms with E-state index in [0.29, 0.717) is 41.6 Å². The van der Waals surface area contributed by atoms with E-state index in [9.17, 15) is 4.79 Å². The molecule has 0 bridgehead atoms. The molecule has 2 aromatic carbocycles. The van der Waals surface area contributed by atoms with Gasteiger partial charge in [-0.1, -0.05) is 41.4 Å². The van der Waals surface area contributed by atoms with Gasteiger partial charge in [-0.2, -0.15) is 10.4 Å². The number of amides is 1. The van der Waals surface area contributed by atoms with E-state index in [1.54, 1.807) is 4.68 Å². The highest BCUT2D eigenvalue weighted by atomic mass is 35.5. The lowest BCUT2D eigenvalue weighted by Gasteiger charge is -2.23. The summed E-state index contributed by atoms with van der Waals surface area (Å²) < 4.78 is 1.70. The number of aryl methyl sites for hydroxylation is 2. The van der Waals surface area contributed by atoms with Crippen LogP contribution in [0, 0.1) is 25.2 Å². The Morgan fingerprint density at radius 3 is 2.44 bits per heavy atom. The van der Waals surface area contributed by atoms with Gasteiger partial charge in [-0.25, -0.2) is 4.68 Å². The van der Waals surface area contributed by atoms with Crippen LogP contribution in [-0.2, 0) is 6.54 Å². The third-order valence-corrected chi connectivity index (χ3v) is 6.26. The number of rotatable bonds is 4. The highest BCUT2D eigenvalue weighted by Gasteiger charge is 2.27. The van der Waals surface area contributed by atoms with E-state index in [2.05, 4.69) is 47.3 Å². The van der Waals surface area contributed by atoms with E-state index in [4.69, 9.17) is 16.9 Å². The highest BCUT2D eigenvalue weighted by molar-refractivity contribution is 6.33. The number of carbonyl (C=O) groups excluding carboxylic acids is 1. The molecule has 164 valence electrons. The fourth-order valence-electron chi connectivity index (χ4n) is 4.05. The zero-order chi connectivity index (χ0) is 22.7. The minimum absolute atomic E-state index is 0.0654. The molecule has 6 nitrogen and oxygen atoms in total. The number of hydrogen-bond donors (Lipinski definition) is 0. The van der Waals surface area contributed by atoms with Crippen molar-refractivity contribution in [1.29, 1.82) is 5.26 Å². The second-order valence-corrected chi connectivity index (χ2v) is 8.54. The zero-order valence-corrected chi connectivity index (χ0v) is 19.1. The average Bonchev–Trinajstić information content (AvgIpc) is 2.97. The predicted molar refractivity (Wildman–Crippen MR) is 126 cm³/mol. The predicted octanol–water partition coefficient (Wildman–Crippen LogP) is 4.43. The lowest BCUT2D eigenvalue weighted by atomic mass is 10.1. The van der Waals surface area contributed by atoms with Gasteiger partial charge in [0.05, 0.1) is 29.4 Å². The molecule has 0 atom stereocenters. The Kier molecular flexibility index (Phi) is 6.48. The zero-order valence-electron chi connectivity index (χ0n) is 18.4. The number of hydrogen-bond acceptors (Lipinski definition) is 4. The second kappa shape index (κ2) is 9.46. The van der Waals surface area contributed by atoms with Gasteiger partial charge in [0.2, 0.25) is 0 Å². The van der Waals surface area contributed by atoms with Crippen molar-refractivity contribution in [2.45, 2.75) is 26.8 Å². The van der Waals surface area contributed by atoms with E-state index in [1.807, 2.05) is 36.1 Å². The van der Waals surface area contributed by atoms with Crippen LogP contribution in [0.2, 0.25) is 5.15 Å². The smallest absolute Gasteiger partial charge is 0.258 e. The molecule has 4 rings (SSSR count). The van der Waals surface area contributed by atoms with Gasteiger partial charge in [0.25, 0.3) is 5.91 Å². The molecule has 0 aliphatic carbocycles. The van der Waals surface area contributed by atoms with E-state index >= 15 is 0 Å². The third kappa shape index (κ3) is 4.63. The maximum atomic E-state index is 13.4. The molecule has 0 radical (unpaired) electrons. The Balaban J connectivity index is 1.47. The van der Waals surface area contributed by atoms with Gasteiger partial charge in [0, 0.05) is 31.9 Å². The Morgan fingerprint density at radius 1 is 1.03 bits per heavy atom. The van der Waals surface area contributed by atoms with Crippen molar-refractivity contribution in [3.63, 3.8) is 0 Å². The molecule has 0 unspecified atom stereocenters. The minimum atomic E-state index is -0.0654. The molecule has 3 aromatic rings. The second-order valence-electron chi connectivity index (χ2n) is 8.19. The first-order chi connectivity index (χ1) is 15.5. The standard InChI is InChI=1S/C25H26ClN5O/c1-18-4-6-21(7-5-18)17-31-24(26)23(19(2)28-31)25(32)30-13-3-12-29(14-15-30)22-10-8-20(16-27)9-11-22/h4-11H,3,12-15,17H2,1-2H3. The van der Waals surface area contributed by atoms with Crippen molar-refractivity contribution in [3.05, 3.63) is 81.6 Å². The minimum Gasteiger partial charge on any atom is -0.370 e. The van der Waals surface area contributed by atoms with Crippen molar-refractivity contribution in [3.8, 4) is 6.07 Å². The van der Waals surface area contributed by atoms with Crippen LogP contribution >= 0.6 is 11.6 Å². The quantitative estimate of drug-likeness (QED) is 0.593. The summed E-state index contributed by atoms with van der Waals surface area (Å²) in [6.45, 7) is 7.28. The third-order valence-electron chi connectivity index (χ3n) is 5.88. The van der Waals surface area contributed by atoms with Crippen LogP contribution in [0.5, 0.6) is 0 Å². The maximum Gasteiger partial charge on any atom is 0.258 e. The fourth-order valence-corrected chi connectivity index (χ4v) is 4.37. The largest absolute Gasteiger partial charge is 0.370 e. The van der Waals surface area contributed by atoms with Crippen molar-refractivity contribution in [2.75, 3.05) is 31.1 Å². The molecular weight excluding hydrogens is 422 g/mol. The number of anilines is 1. The molecule has 1 aliphatic rings. The molecule has 1 aromatic heterocycles. The summed E-state index contributed by atoms with van der Waals surface area (Å²) in [5.74, 6) is -0.0654. The van der Waals surface area contributed by atoms with Gasteiger partial charge in [-0.3, -0.25) is 4.79 Å². The molecule has 0 spiro atoms. The van der Waals surface area contributed by atoms with Crippen LogP contribution in [0.1, 0.15) is 39.2 Å². The average molecular weight is 448 g/mol. The van der Waals surface area contributed by atoms with E-state index in [0.717, 1.165) is 30.8 Å². The number of aromatic nitrogens is 2. The van der Waals surface area contributed by atoms with Crippen LogP contribution in [0.4, 0.5) is 5.69 Å². The first kappa shape index (κ1) is 21.9. The van der Waals surface area contributed by atoms with Crippen LogP contribution in [0.25, 0.3) is 0 Å². The van der Waals surface area contributed by atoms with E-state index < -0.39 is 0 Å². The highest BCUT2D eigenvalue weighted by Crippen LogP contribution is 2.24. The summed E-state index contributed by atoms with van der Waals surface area (Å²) in [7, 11) is 0. The summed E-state index contributed by atoms with van der Waals surface area (Å²) in [5, 5.41) is 13.9. The van der Waals surface area contributed by atoms with Gasteiger partial charge >= 0.3 is 0 Å². The van der Waals surface area contributed by atoms with Crippen LogP contribution in [0.15, 0.2) is 48.5 Å². The normalized spacial score (nSPS) is 14.2. The van der Waals surface area contributed by atoms with E-state index in [-0.39, 0.29) is 5.91 Å². The first-order valence-corrected chi connectivity index (χ1v) is 11.2. The molecule has 1 amide bonds. The molecule has 2 heterocycles. The van der Waals surface area contributed by atoms with Gasteiger partial charge in [0.1, 0.15) is 5.15 Å². The maximum absolute atomic E-state index is 13.4. The number of halogens is 1. The van der Waals surface area contributed by atoms with Gasteiger partial charge < -0.3 is 9.80 Å². The summed E-state index contributed by atoms with van der Waals surface area (Å²) >= 11 is 6.63. The van der Waals surface area contributed by atoms with Crippen molar-refractivity contribution < 1.29 is 4.79 Å². The Morgan fingerprint density at radius 2 is 1.75 bits per heavy atom. The summed E-state index contributed by atoms with van der Waals surface area (Å²) in [6, 6.07) is 18.0. The number of carbonyl (C=O) groups is 1. The van der Waals surface area contributed by atoms with Crippen LogP contribution < -0.4 is 4.90 Å². The Hall–Kier alpha value is -3.30. The van der Waals surface area contributed by atoms with Crippen molar-refractivity contribution in [2.24, 2.45) is 0 Å². The van der Waals surface area contributed by atoms with Gasteiger partial charge in [-0.05, 0) is 50.1 Å². The molecule has 1 saturated heterocycles. The van der Waals surface area contributed by atoms with Gasteiger partial charge in [0.15, 0.2) is 0 Å². The lowest BCUT2D eigenvalue weighted by Crippen LogP contribution is -2.35.